The van der Waals surface area contributed by atoms with Gasteiger partial charge in [-0.15, -0.1) is 0 Å². The number of nitrogens with zero attached hydrogens (tertiary/aromatic N) is 3. The molecule has 0 aliphatic carbocycles. The van der Waals surface area contributed by atoms with Crippen LogP contribution >= 0.6 is 11.3 Å². The molecule has 1 aromatic rings. The molecule has 0 saturated carbocycles. The Labute approximate surface area is 95.7 Å². The van der Waals surface area contributed by atoms with Crippen LogP contribution in [0.5, 0.6) is 0 Å². The first-order chi connectivity index (χ1) is 7.13. The number of nitrogen functional groups attached to an aromatic ring is 1. The SMILES string of the molecule is CCN(CCCN(C)C)c1ncc(N)s1. The van der Waals surface area contributed by atoms with Crippen molar-refractivity contribution in [1.29, 1.82) is 0 Å². The van der Waals surface area contributed by atoms with E-state index in [2.05, 4.69) is 35.8 Å². The molecule has 0 unspecified atom stereocenters. The fourth-order valence-corrected chi connectivity index (χ4v) is 2.16. The molecular formula is C10H20N4S. The zero-order valence-corrected chi connectivity index (χ0v) is 10.5. The van der Waals surface area contributed by atoms with Gasteiger partial charge >= 0.3 is 0 Å². The number of anilines is 2. The molecule has 15 heavy (non-hydrogen) atoms. The van der Waals surface area contributed by atoms with E-state index < -0.39 is 0 Å². The lowest BCUT2D eigenvalue weighted by Crippen LogP contribution is -2.26. The number of aromatic nitrogens is 1. The number of hydrogen-bond donors (Lipinski definition) is 1. The summed E-state index contributed by atoms with van der Waals surface area (Å²) >= 11 is 1.56. The molecule has 0 aliphatic heterocycles. The maximum Gasteiger partial charge on any atom is 0.187 e. The van der Waals surface area contributed by atoms with Crippen molar-refractivity contribution < 1.29 is 0 Å². The second-order valence-electron chi connectivity index (χ2n) is 3.78. The molecule has 0 atom stereocenters. The molecular weight excluding hydrogens is 208 g/mol. The fourth-order valence-electron chi connectivity index (χ4n) is 1.39. The maximum absolute atomic E-state index is 5.67. The Hall–Kier alpha value is -0.810. The van der Waals surface area contributed by atoms with Gasteiger partial charge in [0.05, 0.1) is 6.20 Å². The summed E-state index contributed by atoms with van der Waals surface area (Å²) in [7, 11) is 4.19. The minimum atomic E-state index is 0.788. The van der Waals surface area contributed by atoms with Gasteiger partial charge in [-0.2, -0.15) is 0 Å². The second-order valence-corrected chi connectivity index (χ2v) is 4.82. The van der Waals surface area contributed by atoms with Crippen LogP contribution in [0, 0.1) is 0 Å². The van der Waals surface area contributed by atoms with Gasteiger partial charge in [0.25, 0.3) is 0 Å². The molecule has 86 valence electrons. The lowest BCUT2D eigenvalue weighted by molar-refractivity contribution is 0.400. The third kappa shape index (κ3) is 4.05. The highest BCUT2D eigenvalue weighted by atomic mass is 32.1. The first-order valence-electron chi connectivity index (χ1n) is 5.24. The maximum atomic E-state index is 5.67. The van der Waals surface area contributed by atoms with Gasteiger partial charge < -0.3 is 15.5 Å². The summed E-state index contributed by atoms with van der Waals surface area (Å²) < 4.78 is 0. The standard InChI is InChI=1S/C10H20N4S/c1-4-14(7-5-6-13(2)3)10-12-8-9(11)15-10/h8H,4-7,11H2,1-3H3. The first kappa shape index (κ1) is 12.3. The lowest BCUT2D eigenvalue weighted by atomic mass is 10.4. The zero-order valence-electron chi connectivity index (χ0n) is 9.73. The number of thiazole rings is 1. The van der Waals surface area contributed by atoms with Crippen LogP contribution in [-0.4, -0.2) is 43.6 Å². The van der Waals surface area contributed by atoms with Gasteiger partial charge in [0.15, 0.2) is 5.13 Å². The number of nitrogens with two attached hydrogens (primary N) is 1. The topological polar surface area (TPSA) is 45.4 Å². The minimum Gasteiger partial charge on any atom is -0.389 e. The third-order valence-electron chi connectivity index (χ3n) is 2.20. The summed E-state index contributed by atoms with van der Waals surface area (Å²) in [4.78, 5) is 8.76. The minimum absolute atomic E-state index is 0.788. The van der Waals surface area contributed by atoms with Gasteiger partial charge in [0.2, 0.25) is 0 Å². The van der Waals surface area contributed by atoms with Gasteiger partial charge in [-0.05, 0) is 34.0 Å². The number of rotatable bonds is 6. The van der Waals surface area contributed by atoms with Crippen LogP contribution in [0.15, 0.2) is 6.20 Å². The van der Waals surface area contributed by atoms with E-state index in [0.717, 1.165) is 36.2 Å². The Morgan fingerprint density at radius 3 is 2.60 bits per heavy atom. The molecule has 0 aliphatic rings. The van der Waals surface area contributed by atoms with Crippen molar-refractivity contribution in [3.63, 3.8) is 0 Å². The van der Waals surface area contributed by atoms with Crippen molar-refractivity contribution in [2.45, 2.75) is 13.3 Å². The van der Waals surface area contributed by atoms with Crippen LogP contribution in [-0.2, 0) is 0 Å². The first-order valence-corrected chi connectivity index (χ1v) is 6.06. The highest BCUT2D eigenvalue weighted by Crippen LogP contribution is 2.23. The van der Waals surface area contributed by atoms with Crippen LogP contribution in [0.2, 0.25) is 0 Å². The Bertz CT molecular complexity index is 285. The van der Waals surface area contributed by atoms with E-state index in [1.165, 1.54) is 0 Å². The molecule has 2 N–H and O–H groups in total. The van der Waals surface area contributed by atoms with Crippen molar-refractivity contribution in [3.8, 4) is 0 Å². The average molecular weight is 228 g/mol. The quantitative estimate of drug-likeness (QED) is 0.801. The molecule has 0 saturated heterocycles. The van der Waals surface area contributed by atoms with Crippen molar-refractivity contribution in [1.82, 2.24) is 9.88 Å². The highest BCUT2D eigenvalue weighted by Gasteiger charge is 2.07. The Kier molecular flexibility index (Phi) is 4.84. The van der Waals surface area contributed by atoms with Crippen molar-refractivity contribution in [3.05, 3.63) is 6.20 Å². The van der Waals surface area contributed by atoms with E-state index in [4.69, 9.17) is 5.73 Å². The normalized spacial score (nSPS) is 10.9. The summed E-state index contributed by atoms with van der Waals surface area (Å²) in [5.74, 6) is 0. The van der Waals surface area contributed by atoms with E-state index >= 15 is 0 Å². The van der Waals surface area contributed by atoms with E-state index in [9.17, 15) is 0 Å². The largest absolute Gasteiger partial charge is 0.389 e. The highest BCUT2D eigenvalue weighted by molar-refractivity contribution is 7.19. The Morgan fingerprint density at radius 1 is 1.40 bits per heavy atom. The molecule has 0 amide bonds. The van der Waals surface area contributed by atoms with Crippen molar-refractivity contribution >= 4 is 21.5 Å². The molecule has 0 spiro atoms. The van der Waals surface area contributed by atoms with E-state index in [1.807, 2.05) is 0 Å². The second kappa shape index (κ2) is 5.92. The summed E-state index contributed by atoms with van der Waals surface area (Å²) in [5, 5.41) is 1.82. The number of hydrogen-bond acceptors (Lipinski definition) is 5. The van der Waals surface area contributed by atoms with Crippen LogP contribution < -0.4 is 10.6 Å². The summed E-state index contributed by atoms with van der Waals surface area (Å²) in [6, 6.07) is 0. The fraction of sp³-hybridized carbons (Fsp3) is 0.700. The monoisotopic (exact) mass is 228 g/mol. The van der Waals surface area contributed by atoms with Crippen molar-refractivity contribution in [2.75, 3.05) is 44.4 Å². The predicted octanol–water partition coefficient (Wildman–Crippen LogP) is 1.50. The molecule has 0 bridgehead atoms. The van der Waals surface area contributed by atoms with Gasteiger partial charge in [-0.1, -0.05) is 11.3 Å². The molecule has 0 fully saturated rings. The summed E-state index contributed by atoms with van der Waals surface area (Å²) in [5.41, 5.74) is 5.67. The molecule has 1 heterocycles. The van der Waals surface area contributed by atoms with Gasteiger partial charge in [-0.25, -0.2) is 4.98 Å². The molecule has 0 radical (unpaired) electrons. The third-order valence-corrected chi connectivity index (χ3v) is 3.08. The van der Waals surface area contributed by atoms with Gasteiger partial charge in [0.1, 0.15) is 5.00 Å². The van der Waals surface area contributed by atoms with Crippen LogP contribution in [0.4, 0.5) is 10.1 Å². The van der Waals surface area contributed by atoms with Crippen LogP contribution in [0.25, 0.3) is 0 Å². The molecule has 1 rings (SSSR count). The van der Waals surface area contributed by atoms with Gasteiger partial charge in [-0.3, -0.25) is 0 Å². The molecule has 1 aromatic heterocycles. The zero-order chi connectivity index (χ0) is 11.3. The van der Waals surface area contributed by atoms with Crippen LogP contribution in [0.1, 0.15) is 13.3 Å². The lowest BCUT2D eigenvalue weighted by Gasteiger charge is -2.20. The van der Waals surface area contributed by atoms with Crippen molar-refractivity contribution in [2.24, 2.45) is 0 Å². The van der Waals surface area contributed by atoms with Gasteiger partial charge in [0, 0.05) is 13.1 Å². The van der Waals surface area contributed by atoms with Crippen LogP contribution in [0.3, 0.4) is 0 Å². The van der Waals surface area contributed by atoms with E-state index in [0.29, 0.717) is 0 Å². The Balaban J connectivity index is 2.42. The Morgan fingerprint density at radius 2 is 2.13 bits per heavy atom. The average Bonchev–Trinajstić information content (AvgIpc) is 2.59. The predicted molar refractivity (Wildman–Crippen MR) is 67.6 cm³/mol. The van der Waals surface area contributed by atoms with E-state index in [-0.39, 0.29) is 0 Å². The molecule has 5 heteroatoms. The summed E-state index contributed by atoms with van der Waals surface area (Å²) in [6.45, 7) is 5.28. The smallest absolute Gasteiger partial charge is 0.187 e. The van der Waals surface area contributed by atoms with E-state index in [1.54, 1.807) is 17.5 Å². The summed E-state index contributed by atoms with van der Waals surface area (Å²) in [6.07, 6.45) is 2.88. The molecule has 0 aromatic carbocycles. The molecule has 4 nitrogen and oxygen atoms in total.